The largest absolute Gasteiger partial charge is 0.477 e. The third kappa shape index (κ3) is 2.74. The minimum Gasteiger partial charge on any atom is -0.477 e. The van der Waals surface area contributed by atoms with E-state index in [2.05, 4.69) is 10.6 Å². The first-order chi connectivity index (χ1) is 9.83. The number of benzene rings is 2. The topological polar surface area (TPSA) is 50.4 Å². The highest BCUT2D eigenvalue weighted by Crippen LogP contribution is 2.28. The van der Waals surface area contributed by atoms with Crippen LogP contribution in [-0.2, 0) is 11.3 Å². The van der Waals surface area contributed by atoms with E-state index in [1.807, 2.05) is 54.6 Å². The first-order valence-electron chi connectivity index (χ1n) is 6.64. The normalized spacial score (nSPS) is 16.5. The molecule has 1 atom stereocenters. The van der Waals surface area contributed by atoms with E-state index in [0.29, 0.717) is 13.1 Å². The first-order valence-corrected chi connectivity index (χ1v) is 6.64. The van der Waals surface area contributed by atoms with Crippen LogP contribution >= 0.6 is 0 Å². The van der Waals surface area contributed by atoms with E-state index in [9.17, 15) is 4.79 Å². The Bertz CT molecular complexity index is 598. The van der Waals surface area contributed by atoms with E-state index in [-0.39, 0.29) is 5.91 Å². The second kappa shape index (κ2) is 5.65. The van der Waals surface area contributed by atoms with Gasteiger partial charge in [0.05, 0.1) is 12.2 Å². The molecule has 0 aliphatic carbocycles. The van der Waals surface area contributed by atoms with Crippen molar-refractivity contribution in [1.82, 2.24) is 5.32 Å². The number of carbonyl (C=O) groups excluding carboxylic acids is 1. The fourth-order valence-corrected chi connectivity index (χ4v) is 2.16. The summed E-state index contributed by atoms with van der Waals surface area (Å²) in [6.07, 6.45) is -0.492. The summed E-state index contributed by atoms with van der Waals surface area (Å²) in [4.78, 5) is 12.1. The van der Waals surface area contributed by atoms with E-state index < -0.39 is 6.10 Å². The molecule has 0 bridgehead atoms. The number of hydrogen-bond acceptors (Lipinski definition) is 3. The molecule has 0 unspecified atom stereocenters. The zero-order valence-electron chi connectivity index (χ0n) is 11.0. The summed E-state index contributed by atoms with van der Waals surface area (Å²) < 4.78 is 5.71. The molecule has 1 aliphatic rings. The van der Waals surface area contributed by atoms with Gasteiger partial charge in [0.1, 0.15) is 5.75 Å². The van der Waals surface area contributed by atoms with Gasteiger partial charge in [-0.05, 0) is 17.7 Å². The fraction of sp³-hybridized carbons (Fsp3) is 0.188. The molecular weight excluding hydrogens is 252 g/mol. The van der Waals surface area contributed by atoms with Gasteiger partial charge in [-0.1, -0.05) is 42.5 Å². The minimum atomic E-state index is -0.492. The van der Waals surface area contributed by atoms with Gasteiger partial charge in [0.15, 0.2) is 6.10 Å². The van der Waals surface area contributed by atoms with E-state index in [0.717, 1.165) is 17.0 Å². The average molecular weight is 268 g/mol. The van der Waals surface area contributed by atoms with Crippen molar-refractivity contribution in [2.75, 3.05) is 11.9 Å². The van der Waals surface area contributed by atoms with Crippen LogP contribution in [0.2, 0.25) is 0 Å². The molecule has 2 aromatic carbocycles. The Hall–Kier alpha value is -2.49. The van der Waals surface area contributed by atoms with Crippen LogP contribution in [0.1, 0.15) is 5.56 Å². The molecule has 3 rings (SSSR count). The number of amides is 1. The number of fused-ring (bicyclic) bond motifs is 1. The van der Waals surface area contributed by atoms with Crippen molar-refractivity contribution < 1.29 is 9.53 Å². The Morgan fingerprint density at radius 1 is 1.15 bits per heavy atom. The Labute approximate surface area is 117 Å². The van der Waals surface area contributed by atoms with Gasteiger partial charge < -0.3 is 15.4 Å². The van der Waals surface area contributed by atoms with Crippen LogP contribution in [0.3, 0.4) is 0 Å². The molecule has 2 aromatic rings. The van der Waals surface area contributed by atoms with Crippen molar-refractivity contribution in [2.45, 2.75) is 12.6 Å². The summed E-state index contributed by atoms with van der Waals surface area (Å²) in [6, 6.07) is 17.5. The maximum absolute atomic E-state index is 12.1. The second-order valence-corrected chi connectivity index (χ2v) is 4.69. The lowest BCUT2D eigenvalue weighted by molar-refractivity contribution is -0.127. The maximum atomic E-state index is 12.1. The second-order valence-electron chi connectivity index (χ2n) is 4.69. The van der Waals surface area contributed by atoms with Crippen LogP contribution in [0.25, 0.3) is 0 Å². The van der Waals surface area contributed by atoms with E-state index >= 15 is 0 Å². The lowest BCUT2D eigenvalue weighted by Gasteiger charge is -2.26. The highest BCUT2D eigenvalue weighted by atomic mass is 16.5. The van der Waals surface area contributed by atoms with Gasteiger partial charge in [0.25, 0.3) is 5.91 Å². The number of nitrogens with one attached hydrogen (secondary N) is 2. The fourth-order valence-electron chi connectivity index (χ4n) is 2.16. The van der Waals surface area contributed by atoms with Crippen molar-refractivity contribution in [1.29, 1.82) is 0 Å². The van der Waals surface area contributed by atoms with Crippen LogP contribution in [0.4, 0.5) is 5.69 Å². The Kier molecular flexibility index (Phi) is 3.54. The molecule has 0 fully saturated rings. The molecule has 20 heavy (non-hydrogen) atoms. The zero-order valence-corrected chi connectivity index (χ0v) is 11.0. The molecule has 0 spiro atoms. The summed E-state index contributed by atoms with van der Waals surface area (Å²) in [5.41, 5.74) is 2.00. The van der Waals surface area contributed by atoms with Gasteiger partial charge in [-0.15, -0.1) is 0 Å². The van der Waals surface area contributed by atoms with Crippen LogP contribution < -0.4 is 15.4 Å². The van der Waals surface area contributed by atoms with E-state index in [1.54, 1.807) is 0 Å². The molecule has 2 N–H and O–H groups in total. The molecule has 0 saturated heterocycles. The number of ether oxygens (including phenoxy) is 1. The molecular formula is C16H16N2O2. The Morgan fingerprint density at radius 3 is 2.75 bits per heavy atom. The summed E-state index contributed by atoms with van der Waals surface area (Å²) in [5.74, 6) is 0.620. The molecule has 0 saturated carbocycles. The smallest absolute Gasteiger partial charge is 0.263 e. The predicted octanol–water partition coefficient (Wildman–Crippen LogP) is 2.18. The quantitative estimate of drug-likeness (QED) is 0.897. The number of rotatable bonds is 3. The highest BCUT2D eigenvalue weighted by molar-refractivity contribution is 5.83. The van der Waals surface area contributed by atoms with Crippen molar-refractivity contribution >= 4 is 11.6 Å². The number of anilines is 1. The SMILES string of the molecule is O=C(NCc1ccccc1)[C@@H]1CNc2ccccc2O1. The summed E-state index contributed by atoms with van der Waals surface area (Å²) >= 11 is 0. The van der Waals surface area contributed by atoms with Crippen LogP contribution in [0.15, 0.2) is 54.6 Å². The van der Waals surface area contributed by atoms with Gasteiger partial charge in [0.2, 0.25) is 0 Å². The average Bonchev–Trinajstić information content (AvgIpc) is 2.53. The molecule has 1 heterocycles. The van der Waals surface area contributed by atoms with Crippen LogP contribution in [0, 0.1) is 0 Å². The van der Waals surface area contributed by atoms with Gasteiger partial charge in [-0.3, -0.25) is 4.79 Å². The third-order valence-electron chi connectivity index (χ3n) is 3.24. The maximum Gasteiger partial charge on any atom is 0.263 e. The molecule has 1 amide bonds. The monoisotopic (exact) mass is 268 g/mol. The predicted molar refractivity (Wildman–Crippen MR) is 77.6 cm³/mol. The third-order valence-corrected chi connectivity index (χ3v) is 3.24. The summed E-state index contributed by atoms with van der Waals surface area (Å²) in [5, 5.41) is 6.10. The summed E-state index contributed by atoms with van der Waals surface area (Å²) in [7, 11) is 0. The van der Waals surface area contributed by atoms with Crippen molar-refractivity contribution in [3.05, 3.63) is 60.2 Å². The minimum absolute atomic E-state index is 0.101. The van der Waals surface area contributed by atoms with Crippen LogP contribution in [-0.4, -0.2) is 18.6 Å². The molecule has 0 radical (unpaired) electrons. The van der Waals surface area contributed by atoms with Gasteiger partial charge >= 0.3 is 0 Å². The van der Waals surface area contributed by atoms with Crippen molar-refractivity contribution in [3.8, 4) is 5.75 Å². The standard InChI is InChI=1S/C16H16N2O2/c19-16(18-10-12-6-2-1-3-7-12)15-11-17-13-8-4-5-9-14(13)20-15/h1-9,15,17H,10-11H2,(H,18,19)/t15-/m0/s1. The molecule has 1 aliphatic heterocycles. The van der Waals surface area contributed by atoms with Gasteiger partial charge in [0, 0.05) is 6.54 Å². The zero-order chi connectivity index (χ0) is 13.8. The summed E-state index contributed by atoms with van der Waals surface area (Å²) in [6.45, 7) is 0.999. The molecule has 102 valence electrons. The first kappa shape index (κ1) is 12.5. The number of para-hydroxylation sites is 2. The lowest BCUT2D eigenvalue weighted by atomic mass is 10.2. The number of hydrogen-bond donors (Lipinski definition) is 2. The highest BCUT2D eigenvalue weighted by Gasteiger charge is 2.25. The van der Waals surface area contributed by atoms with Crippen molar-refractivity contribution in [2.24, 2.45) is 0 Å². The Morgan fingerprint density at radius 2 is 1.90 bits per heavy atom. The van der Waals surface area contributed by atoms with Gasteiger partial charge in [-0.25, -0.2) is 0 Å². The number of carbonyl (C=O) groups is 1. The molecule has 4 nitrogen and oxygen atoms in total. The van der Waals surface area contributed by atoms with E-state index in [1.165, 1.54) is 0 Å². The van der Waals surface area contributed by atoms with Crippen molar-refractivity contribution in [3.63, 3.8) is 0 Å². The molecule has 0 aromatic heterocycles. The van der Waals surface area contributed by atoms with Crippen LogP contribution in [0.5, 0.6) is 5.75 Å². The van der Waals surface area contributed by atoms with Gasteiger partial charge in [-0.2, -0.15) is 0 Å². The van der Waals surface area contributed by atoms with E-state index in [4.69, 9.17) is 4.74 Å². The Balaban J connectivity index is 1.59. The molecule has 4 heteroatoms. The lowest BCUT2D eigenvalue weighted by Crippen LogP contribution is -2.44.